The van der Waals surface area contributed by atoms with E-state index in [1.54, 1.807) is 96.9 Å². The molecule has 3 saturated heterocycles. The molecule has 0 aromatic heterocycles. The highest BCUT2D eigenvalue weighted by Gasteiger charge is 2.56. The Morgan fingerprint density at radius 3 is 1.64 bits per heavy atom. The zero-order chi connectivity index (χ0) is 57.9. The second-order valence-corrected chi connectivity index (χ2v) is 22.7. The van der Waals surface area contributed by atoms with E-state index in [-0.39, 0.29) is 32.4 Å². The Labute approximate surface area is 439 Å². The van der Waals surface area contributed by atoms with E-state index < -0.39 is 162 Å². The van der Waals surface area contributed by atoms with Crippen molar-refractivity contribution in [2.75, 3.05) is 13.2 Å². The van der Waals surface area contributed by atoms with E-state index in [1.807, 2.05) is 0 Å². The van der Waals surface area contributed by atoms with Gasteiger partial charge in [-0.2, -0.15) is 0 Å². The van der Waals surface area contributed by atoms with Gasteiger partial charge in [0.1, 0.15) is 65.1 Å². The van der Waals surface area contributed by atoms with Crippen LogP contribution in [0.15, 0.2) is 0 Å². The Bertz CT molecular complexity index is 1920. The van der Waals surface area contributed by atoms with Gasteiger partial charge in [0.25, 0.3) is 0 Å². The van der Waals surface area contributed by atoms with Gasteiger partial charge < -0.3 is 94.4 Å². The summed E-state index contributed by atoms with van der Waals surface area (Å²) in [5, 5.41) is 89.9. The summed E-state index contributed by atoms with van der Waals surface area (Å²) in [7, 11) is 0. The molecule has 7 unspecified atom stereocenters. The molecule has 76 heavy (non-hydrogen) atoms. The first-order valence-electron chi connectivity index (χ1n) is 24.5. The number of carbonyl (C=O) groups excluding carboxylic acids is 5. The van der Waals surface area contributed by atoms with Gasteiger partial charge in [-0.25, -0.2) is 29.7 Å². The Kier molecular flexibility index (Phi) is 23.6. The smallest absolute Gasteiger partial charge is 0.408 e. The molecule has 4 fully saturated rings. The molecule has 0 spiro atoms. The number of nitro groups is 1. The molecule has 0 aromatic carbocycles. The van der Waals surface area contributed by atoms with Crippen LogP contribution in [0, 0.1) is 10.1 Å². The maximum Gasteiger partial charge on any atom is 0.408 e. The molecule has 4 rings (SSSR count). The molecule has 31 nitrogen and oxygen atoms in total. The highest BCUT2D eigenvalue weighted by Crippen LogP contribution is 2.37. The lowest BCUT2D eigenvalue weighted by Crippen LogP contribution is -2.72. The van der Waals surface area contributed by atoms with Gasteiger partial charge in [-0.05, 0) is 133 Å². The van der Waals surface area contributed by atoms with E-state index in [1.165, 1.54) is 0 Å². The lowest BCUT2D eigenvalue weighted by molar-refractivity contribution is -0.611. The number of alkyl carbamates (subject to hydrolysis) is 4. The van der Waals surface area contributed by atoms with Crippen LogP contribution in [0.4, 0.5) is 19.2 Å². The first-order chi connectivity index (χ1) is 34.8. The van der Waals surface area contributed by atoms with Crippen molar-refractivity contribution in [2.45, 2.75) is 243 Å². The van der Waals surface area contributed by atoms with Crippen LogP contribution in [0.3, 0.4) is 0 Å². The van der Waals surface area contributed by atoms with Crippen molar-refractivity contribution < 1.29 is 117 Å². The number of fused-ring (bicyclic) bond motifs is 1. The minimum Gasteiger partial charge on any atom is -0.444 e. The summed E-state index contributed by atoms with van der Waals surface area (Å²) in [6.07, 6.45) is -23.2. The predicted octanol–water partition coefficient (Wildman–Crippen LogP) is 1.18. The molecule has 3 aliphatic heterocycles. The third-order valence-electron chi connectivity index (χ3n) is 11.0. The Hall–Kier alpha value is -4.61. The molecule has 5 amide bonds. The summed E-state index contributed by atoms with van der Waals surface area (Å²) in [5.74, 6) is -2.25. The molecule has 1 saturated carbocycles. The quantitative estimate of drug-likeness (QED) is 0.0360. The molecule has 1 aliphatic carbocycles. The van der Waals surface area contributed by atoms with Crippen LogP contribution in [0.1, 0.15) is 123 Å². The molecule has 11 N–H and O–H groups in total. The number of rotatable bonds is 15. The van der Waals surface area contributed by atoms with Crippen LogP contribution in [0.5, 0.6) is 0 Å². The molecule has 31 heteroatoms. The summed E-state index contributed by atoms with van der Waals surface area (Å²) in [4.78, 5) is 76.9. The van der Waals surface area contributed by atoms with Crippen molar-refractivity contribution in [1.82, 2.24) is 26.6 Å². The molecule has 15 atom stereocenters. The van der Waals surface area contributed by atoms with Crippen LogP contribution in [0.2, 0.25) is 0 Å². The van der Waals surface area contributed by atoms with Crippen molar-refractivity contribution in [3.63, 3.8) is 0 Å². The van der Waals surface area contributed by atoms with E-state index in [0.717, 1.165) is 0 Å². The first kappa shape index (κ1) is 65.7. The van der Waals surface area contributed by atoms with Gasteiger partial charge in [-0.1, -0.05) is 0 Å². The number of hydrogen-bond donors (Lipinski definition) is 11. The second-order valence-electron chi connectivity index (χ2n) is 22.7. The monoisotopic (exact) mass is 1100 g/mol. The lowest BCUT2D eigenvalue weighted by atomic mass is 9.83. The van der Waals surface area contributed by atoms with E-state index >= 15 is 0 Å². The summed E-state index contributed by atoms with van der Waals surface area (Å²) >= 11 is 0. The Morgan fingerprint density at radius 1 is 0.671 bits per heavy atom. The van der Waals surface area contributed by atoms with Crippen LogP contribution in [0.25, 0.3) is 0 Å². The van der Waals surface area contributed by atoms with Crippen molar-refractivity contribution in [2.24, 2.45) is 0 Å². The second kappa shape index (κ2) is 27.3. The first-order valence-corrected chi connectivity index (χ1v) is 24.5. The van der Waals surface area contributed by atoms with Crippen LogP contribution < -0.4 is 26.6 Å². The zero-order valence-electron chi connectivity index (χ0n) is 45.3. The summed E-state index contributed by atoms with van der Waals surface area (Å²) in [5.41, 5.74) is -3.85. The van der Waals surface area contributed by atoms with Crippen molar-refractivity contribution in [3.8, 4) is 0 Å². The fourth-order valence-corrected chi connectivity index (χ4v) is 8.11. The molecule has 440 valence electrons. The number of nitrogens with one attached hydrogen (secondary N) is 5. The molecule has 0 radical (unpaired) electrons. The average Bonchev–Trinajstić information content (AvgIpc) is 3.25. The van der Waals surface area contributed by atoms with Crippen LogP contribution >= 0.6 is 0 Å². The number of nitrogens with zero attached hydrogens (tertiary/aromatic N) is 1. The van der Waals surface area contributed by atoms with Gasteiger partial charge in [0.2, 0.25) is 5.91 Å². The number of aliphatic hydroxyl groups is 4. The third kappa shape index (κ3) is 21.7. The van der Waals surface area contributed by atoms with Gasteiger partial charge in [0.05, 0.1) is 35.7 Å². The van der Waals surface area contributed by atoms with Gasteiger partial charge in [-0.3, -0.25) is 14.9 Å². The lowest BCUT2D eigenvalue weighted by Gasteiger charge is -2.52. The SMILES string of the molecule is CC(C)(C)OC(=O)NCC[C@H](O)C(=O)N[C@@H]1C[C@@H](NC(=O)OC(C)(C)C)C(O[C@H]2OC(C(O)[N+](=O)[O-])CCC2NC(=O)OC(C)(C)C)C(O)[C@H]1O[C@H]1OC2COC(C)(C)O[C@H]2[C@H](NC(=O)OC(C)(C)C)C1O.OOOO. The number of carbonyl (C=O) groups is 5. The van der Waals surface area contributed by atoms with Crippen molar-refractivity contribution in [3.05, 3.63) is 10.1 Å². The van der Waals surface area contributed by atoms with Crippen LogP contribution in [-0.2, 0) is 62.2 Å². The average molecular weight is 1110 g/mol. The number of amides is 5. The summed E-state index contributed by atoms with van der Waals surface area (Å²) in [6.45, 7) is 22.3. The predicted molar refractivity (Wildman–Crippen MR) is 255 cm³/mol. The largest absolute Gasteiger partial charge is 0.444 e. The van der Waals surface area contributed by atoms with Gasteiger partial charge in [0, 0.05) is 6.54 Å². The minimum atomic E-state index is -2.26. The third-order valence-corrected chi connectivity index (χ3v) is 11.0. The normalized spacial score (nSPS) is 30.5. The molecule has 4 aliphatic rings. The summed E-state index contributed by atoms with van der Waals surface area (Å²) in [6, 6.07) is -5.32. The maximum atomic E-state index is 13.9. The van der Waals surface area contributed by atoms with E-state index in [2.05, 4.69) is 36.7 Å². The fraction of sp³-hybridized carbons (Fsp3) is 0.889. The number of hydrogen-bond acceptors (Lipinski definition) is 25. The van der Waals surface area contributed by atoms with Crippen molar-refractivity contribution in [1.29, 1.82) is 0 Å². The topological polar surface area (TPSA) is 421 Å². The van der Waals surface area contributed by atoms with Gasteiger partial charge in [-0.15, -0.1) is 0 Å². The highest BCUT2D eigenvalue weighted by atomic mass is 17.6. The standard InChI is InChI=1S/C45H78N6O21.H2O4/c1-41(2,3)69-37(57)46-18-17-24(52)33(55)47-22-19-23(49-39(59)71-43(7,8)9)31(66-35-21(48-38(58)70-42(4,5)6)15-16-25(64-35)34(56)51(61)62)29(54)30(22)67-36-28(53)27(50-40(60)72-44(10,11)12)32-26(65-36)20-63-45(13,14)68-32;1-3-4-2/h21-32,34-36,52-54,56H,15-20H2,1-14H3,(H,46,57)(H,47,55)(H,48,58)(H,49,59)(H,50,60);1-2H/t21?,22-,23-,24+,25?,26?,27-,28?,29?,30+,31?,32-,34?,35-,36-;/m1./s1. The number of ether oxygens (including phenoxy) is 10. The Balaban J connectivity index is 0.00000366. The fourth-order valence-electron chi connectivity index (χ4n) is 8.11. The molecular weight excluding hydrogens is 1020 g/mol. The molecule has 3 heterocycles. The van der Waals surface area contributed by atoms with Gasteiger partial charge in [0.15, 0.2) is 24.5 Å². The van der Waals surface area contributed by atoms with Crippen LogP contribution in [-0.4, -0.2) is 199 Å². The minimum absolute atomic E-state index is 0.0939. The van der Waals surface area contributed by atoms with Crippen molar-refractivity contribution >= 4 is 30.3 Å². The molecule has 0 bridgehead atoms. The number of aliphatic hydroxyl groups excluding tert-OH is 4. The zero-order valence-corrected chi connectivity index (χ0v) is 45.3. The van der Waals surface area contributed by atoms with Gasteiger partial charge >= 0.3 is 30.6 Å². The summed E-state index contributed by atoms with van der Waals surface area (Å²) < 4.78 is 58.7. The highest BCUT2D eigenvalue weighted by molar-refractivity contribution is 5.81. The molecule has 0 aromatic rings. The Morgan fingerprint density at radius 2 is 1.14 bits per heavy atom. The van der Waals surface area contributed by atoms with E-state index in [9.17, 15) is 54.5 Å². The van der Waals surface area contributed by atoms with E-state index in [4.69, 9.17) is 57.9 Å². The maximum absolute atomic E-state index is 13.9. The molecular formula is C45H80N6O25. The van der Waals surface area contributed by atoms with E-state index in [0.29, 0.717) is 0 Å².